The quantitative estimate of drug-likeness (QED) is 0.0253. The molecule has 0 aliphatic carbocycles. The Morgan fingerprint density at radius 3 is 1.05 bits per heavy atom. The summed E-state index contributed by atoms with van der Waals surface area (Å²) in [5.41, 5.74) is 64.4. The molecule has 42 nitrogen and oxygen atoms in total. The van der Waals surface area contributed by atoms with Crippen LogP contribution < -0.4 is 115 Å². The zero-order chi connectivity index (χ0) is 92.1. The number of aromatic nitrogens is 21. The van der Waals surface area contributed by atoms with E-state index >= 15 is 0 Å². The predicted molar refractivity (Wildman–Crippen MR) is 513 cm³/mol. The lowest BCUT2D eigenvalue weighted by atomic mass is 10.1. The summed E-state index contributed by atoms with van der Waals surface area (Å²) < 4.78 is 0. The van der Waals surface area contributed by atoms with Gasteiger partial charge in [-0.2, -0.15) is 105 Å². The number of nitrogens with one attached hydrogen (secondary N) is 8. The van der Waals surface area contributed by atoms with Gasteiger partial charge in [-0.05, 0) is 147 Å². The third-order valence-electron chi connectivity index (χ3n) is 15.9. The molecular weight excluding hydrogens is 1730 g/mol. The Morgan fingerprint density at radius 2 is 0.622 bits per heavy atom. The molecule has 0 bridgehead atoms. The predicted octanol–water partition coefficient (Wildman–Crippen LogP) is 11.6. The molecular formula is C80H99Cl5N42. The molecule has 0 unspecified atom stereocenters. The Bertz CT molecular complexity index is 5750. The first-order valence-corrected chi connectivity index (χ1v) is 40.3. The van der Waals surface area contributed by atoms with Crippen molar-refractivity contribution in [2.24, 2.45) is 0 Å². The SMILES string of the molecule is CN(C)c1nc(N)nc(NCCc2ccccc2Cl)n1.CN(C)c1nc(N)nc(NCc2ccccc2Cl)n1.CN(C)c1nc(N)nc(Nc2ccccc2Cl)n1.Cc1cccc(Nc2nc(N)nc(N)n2)c1.Cc1cccc(Nc2nc(N)nc(NC(C)C)n2)c1.Nc1nc(N)nc(NCCc2ccc(Cl)cc2)n1.Nc1nc(N)nc(NCc2ccc(Cl)cc2)n1. The van der Waals surface area contributed by atoms with Gasteiger partial charge in [0.1, 0.15) is 0 Å². The lowest BCUT2D eigenvalue weighted by Gasteiger charge is -2.12. The average molecular weight is 1830 g/mol. The van der Waals surface area contributed by atoms with Crippen LogP contribution in [0.5, 0.6) is 0 Å². The minimum atomic E-state index is 0.0936. The maximum atomic E-state index is 6.10. The van der Waals surface area contributed by atoms with E-state index in [4.69, 9.17) is 115 Å². The molecule has 14 rings (SSSR count). The molecule has 0 radical (unpaired) electrons. The van der Waals surface area contributed by atoms with Crippen molar-refractivity contribution in [1.82, 2.24) is 105 Å². The summed E-state index contributed by atoms with van der Waals surface area (Å²) in [7, 11) is 11.0. The molecule has 0 spiro atoms. The van der Waals surface area contributed by atoms with Gasteiger partial charge in [-0.3, -0.25) is 0 Å². The minimum Gasteiger partial charge on any atom is -0.368 e. The second-order valence-corrected chi connectivity index (χ2v) is 29.6. The van der Waals surface area contributed by atoms with E-state index in [1.807, 2.05) is 234 Å². The van der Waals surface area contributed by atoms with Crippen molar-refractivity contribution in [3.63, 3.8) is 0 Å². The Hall–Kier alpha value is -15.1. The maximum absolute atomic E-state index is 6.10. The normalized spacial score (nSPS) is 10.3. The fourth-order valence-corrected chi connectivity index (χ4v) is 11.0. The Labute approximate surface area is 758 Å². The first-order valence-electron chi connectivity index (χ1n) is 38.4. The number of halogens is 5. The van der Waals surface area contributed by atoms with Crippen LogP contribution in [-0.2, 0) is 25.9 Å². The van der Waals surface area contributed by atoms with Gasteiger partial charge in [-0.1, -0.05) is 155 Å². The van der Waals surface area contributed by atoms with Crippen LogP contribution in [0.25, 0.3) is 0 Å². The van der Waals surface area contributed by atoms with E-state index in [9.17, 15) is 0 Å². The highest BCUT2D eigenvalue weighted by molar-refractivity contribution is 6.33. The summed E-state index contributed by atoms with van der Waals surface area (Å²) in [5, 5.41) is 27.9. The number of benzene rings is 7. The molecule has 0 saturated carbocycles. The van der Waals surface area contributed by atoms with Crippen LogP contribution >= 0.6 is 58.0 Å². The van der Waals surface area contributed by atoms with E-state index in [1.165, 1.54) is 5.56 Å². The number of nitrogens with zero attached hydrogens (tertiary/aromatic N) is 24. The van der Waals surface area contributed by atoms with Gasteiger partial charge in [0, 0.05) is 106 Å². The molecule has 0 amide bonds. The highest BCUT2D eigenvalue weighted by Crippen LogP contribution is 2.26. The molecule has 127 heavy (non-hydrogen) atoms. The number of anilines is 24. The molecule has 28 N–H and O–H groups in total. The third-order valence-corrected chi connectivity index (χ3v) is 17.4. The summed E-state index contributed by atoms with van der Waals surface area (Å²) in [4.78, 5) is 89.1. The number of para-hydroxylation sites is 1. The van der Waals surface area contributed by atoms with Gasteiger partial charge in [0.15, 0.2) is 0 Å². The van der Waals surface area contributed by atoms with Crippen molar-refractivity contribution >= 4 is 200 Å². The number of aryl methyl sites for hydroxylation is 2. The van der Waals surface area contributed by atoms with E-state index in [0.29, 0.717) is 107 Å². The highest BCUT2D eigenvalue weighted by Gasteiger charge is 2.14. The Morgan fingerprint density at radius 1 is 0.291 bits per heavy atom. The van der Waals surface area contributed by atoms with Gasteiger partial charge >= 0.3 is 0 Å². The van der Waals surface area contributed by atoms with Crippen LogP contribution in [0.15, 0.2) is 170 Å². The maximum Gasteiger partial charge on any atom is 0.233 e. The molecule has 664 valence electrons. The molecule has 7 aromatic carbocycles. The third kappa shape index (κ3) is 35.7. The molecule has 47 heteroatoms. The fourth-order valence-electron chi connectivity index (χ4n) is 10.1. The molecule has 7 heterocycles. The molecule has 0 fully saturated rings. The Kier molecular flexibility index (Phi) is 37.7. The number of hydrogen-bond acceptors (Lipinski definition) is 42. The monoisotopic (exact) mass is 1820 g/mol. The summed E-state index contributed by atoms with van der Waals surface area (Å²) >= 11 is 29.8. The average Bonchev–Trinajstić information content (AvgIpc) is 0.850. The van der Waals surface area contributed by atoms with Crippen molar-refractivity contribution in [3.8, 4) is 0 Å². The summed E-state index contributed by atoms with van der Waals surface area (Å²) in [6.07, 6.45) is 1.60. The van der Waals surface area contributed by atoms with Crippen molar-refractivity contribution in [2.45, 2.75) is 59.7 Å². The first kappa shape index (κ1) is 97.3. The zero-order valence-electron chi connectivity index (χ0n) is 70.9. The van der Waals surface area contributed by atoms with Gasteiger partial charge in [0.2, 0.25) is 125 Å². The largest absolute Gasteiger partial charge is 0.368 e. The van der Waals surface area contributed by atoms with E-state index < -0.39 is 0 Å². The van der Waals surface area contributed by atoms with Gasteiger partial charge < -0.3 is 115 Å². The molecule has 0 aliphatic heterocycles. The van der Waals surface area contributed by atoms with E-state index in [2.05, 4.69) is 147 Å². The summed E-state index contributed by atoms with van der Waals surface area (Å²) in [6.45, 7) is 10.5. The first-order chi connectivity index (χ1) is 60.6. The van der Waals surface area contributed by atoms with E-state index in [0.717, 1.165) is 67.8 Å². The number of rotatable bonds is 25. The van der Waals surface area contributed by atoms with E-state index in [-0.39, 0.29) is 65.5 Å². The summed E-state index contributed by atoms with van der Waals surface area (Å²) in [5.74, 6) is 6.08. The zero-order valence-corrected chi connectivity index (χ0v) is 74.7. The summed E-state index contributed by atoms with van der Waals surface area (Å²) in [6, 6.07) is 53.8. The van der Waals surface area contributed by atoms with Crippen molar-refractivity contribution < 1.29 is 0 Å². The number of nitrogens with two attached hydrogens (primary N) is 10. The van der Waals surface area contributed by atoms with E-state index in [1.54, 1.807) is 20.8 Å². The molecule has 0 aliphatic rings. The standard InChI is InChI=1S/C13H17ClN6.C13H18N6.C12H15ClN6.2C11H13ClN6.C10H11ClN6.C10H12N6/c1-20(2)13-18-11(15)17-12(19-13)16-8-7-9-5-3-4-6-10(9)14;1-8(2)15-12-17-11(14)18-13(19-12)16-10-6-4-5-9(3)7-10;1-19(2)12-17-10(14)16-11(18-12)15-7-8-5-3-4-6-9(8)13;1-18(2)11-16-9(13)15-10(17-11)14-8-6-4-3-5-7(8)12;12-8-3-1-7(2-4-8)5-6-15-11-17-9(13)16-10(14)18-11;11-7-3-1-6(2-4-7)5-14-10-16-8(12)15-9(13)17-10;1-6-3-2-4-7(5-6)13-10-15-8(11)14-9(12)16-10/h3-6H,7-8H2,1-2H3,(H3,15,16,17,18,19);4-8H,1-3H3,(H4,14,15,16,17,18,19);3-6H,7H2,1-2H3,(H3,14,15,16,17,18);3-6H,1-2H3,(H3,13,14,15,16,17);1-4H,5-6H2,(H5,13,14,15,16,17,18);1-4H,5H2,(H5,12,13,14,15,16,17);2-5H,1H3,(H5,11,12,13,14,15,16). The van der Waals surface area contributed by atoms with Gasteiger partial charge in [0.25, 0.3) is 0 Å². The number of hydrogen-bond donors (Lipinski definition) is 18. The second-order valence-electron chi connectivity index (χ2n) is 27.5. The molecule has 0 saturated heterocycles. The molecule has 0 atom stereocenters. The lowest BCUT2D eigenvalue weighted by Crippen LogP contribution is -2.17. The van der Waals surface area contributed by atoms with Crippen LogP contribution in [0.4, 0.5) is 142 Å². The lowest BCUT2D eigenvalue weighted by molar-refractivity contribution is 0.870. The van der Waals surface area contributed by atoms with Gasteiger partial charge in [-0.25, -0.2) is 0 Å². The van der Waals surface area contributed by atoms with Crippen LogP contribution in [0, 0.1) is 13.8 Å². The molecule has 7 aromatic heterocycles. The van der Waals surface area contributed by atoms with Gasteiger partial charge in [0.05, 0.1) is 10.7 Å². The van der Waals surface area contributed by atoms with Crippen molar-refractivity contribution in [2.75, 3.05) is 170 Å². The van der Waals surface area contributed by atoms with Crippen LogP contribution in [-0.4, -0.2) is 166 Å². The Balaban J connectivity index is 0.000000183. The topological polar surface area (TPSA) is 637 Å². The van der Waals surface area contributed by atoms with Gasteiger partial charge in [-0.15, -0.1) is 0 Å². The number of nitrogen functional groups attached to an aromatic ring is 10. The van der Waals surface area contributed by atoms with Crippen molar-refractivity contribution in [1.29, 1.82) is 0 Å². The molecule has 14 aromatic rings. The van der Waals surface area contributed by atoms with Crippen molar-refractivity contribution in [3.05, 3.63) is 228 Å². The minimum absolute atomic E-state index is 0.0936. The van der Waals surface area contributed by atoms with Crippen LogP contribution in [0.3, 0.4) is 0 Å². The van der Waals surface area contributed by atoms with Crippen LogP contribution in [0.1, 0.15) is 47.2 Å². The second kappa shape index (κ2) is 49.2. The smallest absolute Gasteiger partial charge is 0.233 e. The highest BCUT2D eigenvalue weighted by atomic mass is 35.5. The fraction of sp³-hybridized carbons (Fsp3) is 0.212. The van der Waals surface area contributed by atoms with Crippen LogP contribution in [0.2, 0.25) is 25.1 Å².